The molecule has 3 rings (SSSR count). The van der Waals surface area contributed by atoms with Crippen molar-refractivity contribution in [1.82, 2.24) is 24.5 Å². The van der Waals surface area contributed by atoms with E-state index in [0.717, 1.165) is 11.1 Å². The van der Waals surface area contributed by atoms with E-state index in [1.807, 2.05) is 0 Å². The van der Waals surface area contributed by atoms with Crippen LogP contribution in [0, 0.1) is 19.7 Å². The van der Waals surface area contributed by atoms with E-state index in [4.69, 9.17) is 0 Å². The SMILES string of the molecule is Cc1cc(F)ccc1S(=O)(=O)NCCc1nn2c(C)nnc2s1. The monoisotopic (exact) mass is 355 g/mol. The second kappa shape index (κ2) is 5.95. The Morgan fingerprint density at radius 3 is 2.78 bits per heavy atom. The van der Waals surface area contributed by atoms with Gasteiger partial charge in [-0.1, -0.05) is 11.3 Å². The number of hydrogen-bond acceptors (Lipinski definition) is 6. The highest BCUT2D eigenvalue weighted by Crippen LogP contribution is 2.17. The van der Waals surface area contributed by atoms with Crippen LogP contribution in [0.4, 0.5) is 4.39 Å². The molecule has 122 valence electrons. The fraction of sp³-hybridized carbons (Fsp3) is 0.308. The first kappa shape index (κ1) is 16.0. The minimum absolute atomic E-state index is 0.0767. The average molecular weight is 355 g/mol. The zero-order valence-corrected chi connectivity index (χ0v) is 14.1. The van der Waals surface area contributed by atoms with Crippen molar-refractivity contribution in [2.45, 2.75) is 25.2 Å². The third kappa shape index (κ3) is 3.23. The van der Waals surface area contributed by atoms with Gasteiger partial charge in [-0.25, -0.2) is 17.5 Å². The predicted molar refractivity (Wildman–Crippen MR) is 83.4 cm³/mol. The van der Waals surface area contributed by atoms with Gasteiger partial charge in [0.15, 0.2) is 5.82 Å². The Bertz CT molecular complexity index is 964. The Morgan fingerprint density at radius 2 is 2.09 bits per heavy atom. The molecule has 1 N–H and O–H groups in total. The Labute approximate surface area is 136 Å². The maximum atomic E-state index is 13.1. The fourth-order valence-corrected chi connectivity index (χ4v) is 4.27. The molecule has 0 saturated carbocycles. The average Bonchev–Trinajstić information content (AvgIpc) is 3.00. The molecule has 2 heterocycles. The van der Waals surface area contributed by atoms with Crippen molar-refractivity contribution in [3.8, 4) is 0 Å². The number of nitrogens with one attached hydrogen (secondary N) is 1. The van der Waals surface area contributed by atoms with E-state index in [0.29, 0.717) is 22.8 Å². The second-order valence-electron chi connectivity index (χ2n) is 4.99. The molecule has 0 aliphatic rings. The summed E-state index contributed by atoms with van der Waals surface area (Å²) < 4.78 is 41.7. The van der Waals surface area contributed by atoms with E-state index in [1.54, 1.807) is 18.4 Å². The van der Waals surface area contributed by atoms with Crippen molar-refractivity contribution < 1.29 is 12.8 Å². The molecular weight excluding hydrogens is 341 g/mol. The summed E-state index contributed by atoms with van der Waals surface area (Å²) in [6.07, 6.45) is 0.437. The van der Waals surface area contributed by atoms with Crippen LogP contribution in [-0.2, 0) is 16.4 Å². The predicted octanol–water partition coefficient (Wildman–Crippen LogP) is 1.46. The lowest BCUT2D eigenvalue weighted by Gasteiger charge is -2.08. The summed E-state index contributed by atoms with van der Waals surface area (Å²) in [5, 5.41) is 12.9. The molecule has 23 heavy (non-hydrogen) atoms. The van der Waals surface area contributed by atoms with Crippen LogP contribution in [0.2, 0.25) is 0 Å². The number of aromatic nitrogens is 4. The first-order chi connectivity index (χ1) is 10.9. The van der Waals surface area contributed by atoms with Crippen molar-refractivity contribution in [2.24, 2.45) is 0 Å². The topological polar surface area (TPSA) is 89.2 Å². The zero-order chi connectivity index (χ0) is 16.6. The van der Waals surface area contributed by atoms with Gasteiger partial charge in [0.25, 0.3) is 0 Å². The largest absolute Gasteiger partial charge is 0.240 e. The van der Waals surface area contributed by atoms with E-state index < -0.39 is 15.8 Å². The summed E-state index contributed by atoms with van der Waals surface area (Å²) in [4.78, 5) is 0.752. The minimum atomic E-state index is -3.68. The number of aryl methyl sites for hydroxylation is 2. The molecular formula is C13H14FN5O2S2. The van der Waals surface area contributed by atoms with Gasteiger partial charge in [-0.05, 0) is 37.6 Å². The van der Waals surface area contributed by atoms with Crippen molar-refractivity contribution in [1.29, 1.82) is 0 Å². The lowest BCUT2D eigenvalue weighted by molar-refractivity contribution is 0.579. The molecule has 1 aromatic carbocycles. The van der Waals surface area contributed by atoms with Crippen molar-refractivity contribution in [2.75, 3.05) is 6.54 Å². The van der Waals surface area contributed by atoms with Gasteiger partial charge in [0.1, 0.15) is 10.8 Å². The molecule has 0 spiro atoms. The maximum Gasteiger partial charge on any atom is 0.240 e. The number of rotatable bonds is 5. The third-order valence-electron chi connectivity index (χ3n) is 3.25. The van der Waals surface area contributed by atoms with Gasteiger partial charge < -0.3 is 0 Å². The Morgan fingerprint density at radius 1 is 1.30 bits per heavy atom. The number of nitrogens with zero attached hydrogens (tertiary/aromatic N) is 4. The molecule has 3 aromatic rings. The molecule has 0 aliphatic carbocycles. The molecule has 0 atom stereocenters. The standard InChI is InChI=1S/C13H14FN5O2S2/c1-8-7-10(14)3-4-11(8)23(20,21)15-6-5-12-18-19-9(2)16-17-13(19)22-12/h3-4,7,15H,5-6H2,1-2H3. The van der Waals surface area contributed by atoms with Crippen LogP contribution in [-0.4, -0.2) is 34.8 Å². The Balaban J connectivity index is 1.69. The van der Waals surface area contributed by atoms with E-state index in [2.05, 4.69) is 20.0 Å². The van der Waals surface area contributed by atoms with Gasteiger partial charge in [0, 0.05) is 13.0 Å². The van der Waals surface area contributed by atoms with Gasteiger partial charge >= 0.3 is 0 Å². The van der Waals surface area contributed by atoms with Crippen LogP contribution < -0.4 is 4.72 Å². The highest BCUT2D eigenvalue weighted by Gasteiger charge is 2.17. The second-order valence-corrected chi connectivity index (χ2v) is 7.77. The van der Waals surface area contributed by atoms with Crippen LogP contribution in [0.1, 0.15) is 16.4 Å². The number of benzene rings is 1. The number of fused-ring (bicyclic) bond motifs is 1. The lowest BCUT2D eigenvalue weighted by Crippen LogP contribution is -2.26. The molecule has 0 fully saturated rings. The van der Waals surface area contributed by atoms with Gasteiger partial charge in [-0.3, -0.25) is 0 Å². The van der Waals surface area contributed by atoms with Gasteiger partial charge in [0.2, 0.25) is 15.0 Å². The zero-order valence-electron chi connectivity index (χ0n) is 12.4. The molecule has 0 aliphatic heterocycles. The Kier molecular flexibility index (Phi) is 4.13. The van der Waals surface area contributed by atoms with Crippen LogP contribution in [0.3, 0.4) is 0 Å². The molecule has 0 bridgehead atoms. The van der Waals surface area contributed by atoms with E-state index >= 15 is 0 Å². The van der Waals surface area contributed by atoms with Gasteiger partial charge in [-0.15, -0.1) is 10.2 Å². The molecule has 0 saturated heterocycles. The summed E-state index contributed by atoms with van der Waals surface area (Å²) in [7, 11) is -3.68. The van der Waals surface area contributed by atoms with E-state index in [1.165, 1.54) is 23.5 Å². The smallest absolute Gasteiger partial charge is 0.211 e. The van der Waals surface area contributed by atoms with Gasteiger partial charge in [0.05, 0.1) is 4.90 Å². The highest BCUT2D eigenvalue weighted by molar-refractivity contribution is 7.89. The molecule has 0 amide bonds. The normalized spacial score (nSPS) is 12.1. The summed E-state index contributed by atoms with van der Waals surface area (Å²) in [6.45, 7) is 3.55. The number of sulfonamides is 1. The van der Waals surface area contributed by atoms with E-state index in [9.17, 15) is 12.8 Å². The number of hydrogen-bond donors (Lipinski definition) is 1. The lowest BCUT2D eigenvalue weighted by atomic mass is 10.2. The van der Waals surface area contributed by atoms with Crippen LogP contribution >= 0.6 is 11.3 Å². The molecule has 7 nitrogen and oxygen atoms in total. The van der Waals surface area contributed by atoms with Crippen molar-refractivity contribution in [3.05, 3.63) is 40.4 Å². The Hall–Kier alpha value is -1.91. The summed E-state index contributed by atoms with van der Waals surface area (Å²) >= 11 is 1.36. The molecule has 10 heteroatoms. The first-order valence-corrected chi connectivity index (χ1v) is 9.10. The molecule has 0 radical (unpaired) electrons. The summed E-state index contributed by atoms with van der Waals surface area (Å²) in [6, 6.07) is 3.59. The minimum Gasteiger partial charge on any atom is -0.211 e. The molecule has 2 aromatic heterocycles. The van der Waals surface area contributed by atoms with Crippen LogP contribution in [0.25, 0.3) is 4.96 Å². The van der Waals surface area contributed by atoms with Crippen molar-refractivity contribution in [3.63, 3.8) is 0 Å². The van der Waals surface area contributed by atoms with Crippen molar-refractivity contribution >= 4 is 26.3 Å². The maximum absolute atomic E-state index is 13.1. The first-order valence-electron chi connectivity index (χ1n) is 6.80. The van der Waals surface area contributed by atoms with Crippen LogP contribution in [0.15, 0.2) is 23.1 Å². The highest BCUT2D eigenvalue weighted by atomic mass is 32.2. The quantitative estimate of drug-likeness (QED) is 0.748. The number of halogens is 1. The summed E-state index contributed by atoms with van der Waals surface area (Å²) in [5.41, 5.74) is 0.368. The van der Waals surface area contributed by atoms with Gasteiger partial charge in [-0.2, -0.15) is 9.61 Å². The van der Waals surface area contributed by atoms with E-state index in [-0.39, 0.29) is 11.4 Å². The molecule has 0 unspecified atom stereocenters. The van der Waals surface area contributed by atoms with Crippen LogP contribution in [0.5, 0.6) is 0 Å². The third-order valence-corrected chi connectivity index (χ3v) is 5.83. The summed E-state index contributed by atoms with van der Waals surface area (Å²) in [5.74, 6) is 0.224. The fourth-order valence-electron chi connectivity index (χ4n) is 2.14.